The lowest BCUT2D eigenvalue weighted by Gasteiger charge is -2.17. The third-order valence-electron chi connectivity index (χ3n) is 3.43. The Morgan fingerprint density at radius 2 is 1.87 bits per heavy atom. The van der Waals surface area contributed by atoms with E-state index in [-0.39, 0.29) is 30.6 Å². The van der Waals surface area contributed by atoms with Crippen LogP contribution in [0.15, 0.2) is 53.0 Å². The largest absolute Gasteiger partial charge is 0.478 e. The van der Waals surface area contributed by atoms with Crippen LogP contribution in [-0.2, 0) is 13.0 Å². The Labute approximate surface area is 150 Å². The lowest BCUT2D eigenvalue weighted by atomic mass is 10.1. The zero-order valence-corrected chi connectivity index (χ0v) is 14.8. The summed E-state index contributed by atoms with van der Waals surface area (Å²) < 4.78 is 0.747. The van der Waals surface area contributed by atoms with Crippen molar-refractivity contribution in [2.45, 2.75) is 19.0 Å². The van der Waals surface area contributed by atoms with Crippen LogP contribution in [0.1, 0.15) is 21.5 Å². The number of hydrogen-bond acceptors (Lipinski definition) is 3. The van der Waals surface area contributed by atoms with Crippen LogP contribution in [0, 0.1) is 0 Å². The van der Waals surface area contributed by atoms with Gasteiger partial charge in [-0.3, -0.25) is 0 Å². The van der Waals surface area contributed by atoms with E-state index in [1.807, 2.05) is 30.3 Å². The van der Waals surface area contributed by atoms with Gasteiger partial charge in [-0.1, -0.05) is 52.3 Å². The van der Waals surface area contributed by atoms with Crippen molar-refractivity contribution in [2.24, 2.45) is 0 Å². The van der Waals surface area contributed by atoms with Gasteiger partial charge in [-0.05, 0) is 29.7 Å². The summed E-state index contributed by atoms with van der Waals surface area (Å²) in [7, 11) is 0. The first-order valence-electron chi connectivity index (χ1n) is 7.00. The number of aromatic carboxylic acids is 1. The monoisotopic (exact) mass is 399 g/mol. The van der Waals surface area contributed by atoms with Gasteiger partial charge >= 0.3 is 5.97 Å². The third kappa shape index (κ3) is 5.95. The minimum atomic E-state index is -0.947. The summed E-state index contributed by atoms with van der Waals surface area (Å²) in [6.07, 6.45) is 0.738. The van der Waals surface area contributed by atoms with Crippen molar-refractivity contribution in [1.82, 2.24) is 5.32 Å². The summed E-state index contributed by atoms with van der Waals surface area (Å²) in [5.41, 5.74) is 2.37. The maximum Gasteiger partial charge on any atom is 0.335 e. The summed E-state index contributed by atoms with van der Waals surface area (Å²) in [5, 5.41) is 21.7. The van der Waals surface area contributed by atoms with Crippen LogP contribution in [0.25, 0.3) is 0 Å². The molecule has 0 radical (unpaired) electrons. The summed E-state index contributed by atoms with van der Waals surface area (Å²) in [5.74, 6) is -0.947. The number of rotatable bonds is 7. The Balaban J connectivity index is 0.00000264. The molecule has 3 N–H and O–H groups in total. The SMILES string of the molecule is Cl.O=C(O)c1ccc(CN[C@H](CO)Cc2ccccc2)c(Br)c1. The van der Waals surface area contributed by atoms with Gasteiger partial charge in [0.15, 0.2) is 0 Å². The predicted octanol–water partition coefficient (Wildman–Crippen LogP) is 3.26. The van der Waals surface area contributed by atoms with E-state index in [1.165, 1.54) is 0 Å². The molecule has 0 unspecified atom stereocenters. The van der Waals surface area contributed by atoms with Crippen LogP contribution in [0.2, 0.25) is 0 Å². The van der Waals surface area contributed by atoms with E-state index in [0.29, 0.717) is 6.54 Å². The number of carbonyl (C=O) groups is 1. The summed E-state index contributed by atoms with van der Waals surface area (Å²) in [6.45, 7) is 0.596. The molecule has 0 heterocycles. The second-order valence-corrected chi connectivity index (χ2v) is 5.92. The highest BCUT2D eigenvalue weighted by Crippen LogP contribution is 2.19. The maximum absolute atomic E-state index is 10.9. The molecule has 0 aliphatic carbocycles. The van der Waals surface area contributed by atoms with Gasteiger partial charge in [0, 0.05) is 17.1 Å². The third-order valence-corrected chi connectivity index (χ3v) is 4.16. The molecular weight excluding hydrogens is 382 g/mol. The van der Waals surface area contributed by atoms with E-state index < -0.39 is 5.97 Å². The molecule has 0 amide bonds. The number of nitrogens with one attached hydrogen (secondary N) is 1. The lowest BCUT2D eigenvalue weighted by molar-refractivity contribution is 0.0697. The van der Waals surface area contributed by atoms with Gasteiger partial charge in [0.25, 0.3) is 0 Å². The number of aliphatic hydroxyl groups is 1. The number of aliphatic hydroxyl groups excluding tert-OH is 1. The minimum absolute atomic E-state index is 0. The molecule has 0 fully saturated rings. The Kier molecular flexibility index (Phi) is 8.26. The molecule has 6 heteroatoms. The van der Waals surface area contributed by atoms with Crippen molar-refractivity contribution in [1.29, 1.82) is 0 Å². The van der Waals surface area contributed by atoms with Crippen LogP contribution in [0.3, 0.4) is 0 Å². The van der Waals surface area contributed by atoms with Crippen molar-refractivity contribution in [3.8, 4) is 0 Å². The number of hydrogen-bond donors (Lipinski definition) is 3. The van der Waals surface area contributed by atoms with Gasteiger partial charge in [-0.2, -0.15) is 0 Å². The van der Waals surface area contributed by atoms with E-state index in [9.17, 15) is 9.90 Å². The molecule has 0 aromatic heterocycles. The number of benzene rings is 2. The first-order valence-corrected chi connectivity index (χ1v) is 7.79. The molecule has 0 spiro atoms. The van der Waals surface area contributed by atoms with Gasteiger partial charge in [0.1, 0.15) is 0 Å². The number of carboxylic acid groups (broad SMARTS) is 1. The van der Waals surface area contributed by atoms with Crippen LogP contribution in [0.5, 0.6) is 0 Å². The summed E-state index contributed by atoms with van der Waals surface area (Å²) in [6, 6.07) is 14.9. The fraction of sp³-hybridized carbons (Fsp3) is 0.235. The van der Waals surface area contributed by atoms with E-state index in [2.05, 4.69) is 21.2 Å². The number of halogens is 2. The Morgan fingerprint density at radius 1 is 1.17 bits per heavy atom. The molecule has 0 aliphatic rings. The lowest BCUT2D eigenvalue weighted by Crippen LogP contribution is -2.34. The second-order valence-electron chi connectivity index (χ2n) is 5.06. The molecule has 2 aromatic carbocycles. The van der Waals surface area contributed by atoms with Gasteiger partial charge in [-0.25, -0.2) is 4.79 Å². The van der Waals surface area contributed by atoms with E-state index in [1.54, 1.807) is 18.2 Å². The van der Waals surface area contributed by atoms with Gasteiger partial charge < -0.3 is 15.5 Å². The molecule has 23 heavy (non-hydrogen) atoms. The fourth-order valence-corrected chi connectivity index (χ4v) is 2.70. The molecule has 2 rings (SSSR count). The molecule has 0 bridgehead atoms. The molecular formula is C17H19BrClNO3. The summed E-state index contributed by atoms with van der Waals surface area (Å²) >= 11 is 3.39. The number of carboxylic acids is 1. The van der Waals surface area contributed by atoms with Crippen molar-refractivity contribution < 1.29 is 15.0 Å². The van der Waals surface area contributed by atoms with Crippen molar-refractivity contribution in [2.75, 3.05) is 6.61 Å². The van der Waals surface area contributed by atoms with Crippen LogP contribution in [0.4, 0.5) is 0 Å². The zero-order valence-electron chi connectivity index (χ0n) is 12.4. The molecule has 2 aromatic rings. The topological polar surface area (TPSA) is 69.6 Å². The highest BCUT2D eigenvalue weighted by molar-refractivity contribution is 9.10. The average Bonchev–Trinajstić information content (AvgIpc) is 2.53. The van der Waals surface area contributed by atoms with E-state index in [0.717, 1.165) is 22.0 Å². The highest BCUT2D eigenvalue weighted by Gasteiger charge is 2.10. The first kappa shape index (κ1) is 19.6. The molecule has 4 nitrogen and oxygen atoms in total. The van der Waals surface area contributed by atoms with Gasteiger partial charge in [0.05, 0.1) is 12.2 Å². The van der Waals surface area contributed by atoms with Crippen LogP contribution in [-0.4, -0.2) is 28.8 Å². The van der Waals surface area contributed by atoms with Crippen molar-refractivity contribution in [3.05, 3.63) is 69.7 Å². The van der Waals surface area contributed by atoms with Crippen molar-refractivity contribution >= 4 is 34.3 Å². The van der Waals surface area contributed by atoms with Crippen LogP contribution >= 0.6 is 28.3 Å². The first-order chi connectivity index (χ1) is 10.6. The molecule has 0 saturated carbocycles. The average molecular weight is 401 g/mol. The molecule has 124 valence electrons. The van der Waals surface area contributed by atoms with Gasteiger partial charge in [-0.15, -0.1) is 12.4 Å². The van der Waals surface area contributed by atoms with Gasteiger partial charge in [0.2, 0.25) is 0 Å². The van der Waals surface area contributed by atoms with E-state index in [4.69, 9.17) is 5.11 Å². The van der Waals surface area contributed by atoms with E-state index >= 15 is 0 Å². The normalized spacial score (nSPS) is 11.6. The molecule has 1 atom stereocenters. The standard InChI is InChI=1S/C17H18BrNO3.ClH/c18-16-9-13(17(21)22)6-7-14(16)10-19-15(11-20)8-12-4-2-1-3-5-12;/h1-7,9,15,19-20H,8,10-11H2,(H,21,22);1H/t15-;/m0./s1. The minimum Gasteiger partial charge on any atom is -0.478 e. The quantitative estimate of drug-likeness (QED) is 0.667. The smallest absolute Gasteiger partial charge is 0.335 e. The van der Waals surface area contributed by atoms with Crippen molar-refractivity contribution in [3.63, 3.8) is 0 Å². The fourth-order valence-electron chi connectivity index (χ4n) is 2.18. The highest BCUT2D eigenvalue weighted by atomic mass is 79.9. The zero-order chi connectivity index (χ0) is 15.9. The van der Waals surface area contributed by atoms with Crippen LogP contribution < -0.4 is 5.32 Å². The Hall–Kier alpha value is -1.40. The maximum atomic E-state index is 10.9. The Morgan fingerprint density at radius 3 is 2.43 bits per heavy atom. The molecule has 0 saturated heterocycles. The second kappa shape index (κ2) is 9.67. The molecule has 0 aliphatic heterocycles. The predicted molar refractivity (Wildman–Crippen MR) is 96.2 cm³/mol. The summed E-state index contributed by atoms with van der Waals surface area (Å²) in [4.78, 5) is 10.9. The Bertz CT molecular complexity index is 637.